The molecule has 0 aliphatic rings. The zero-order valence-corrected chi connectivity index (χ0v) is 13.7. The molecule has 2 N–H and O–H groups in total. The predicted octanol–water partition coefficient (Wildman–Crippen LogP) is 2.75. The number of aromatic nitrogens is 3. The molecule has 122 valence electrons. The molecule has 3 heterocycles. The Bertz CT molecular complexity index is 1190. The highest BCUT2D eigenvalue weighted by atomic mass is 32.1. The predicted molar refractivity (Wildman–Crippen MR) is 99.5 cm³/mol. The fraction of sp³-hybridized carbons (Fsp3) is 0.0556. The second-order valence-electron chi connectivity index (χ2n) is 5.32. The van der Waals surface area contributed by atoms with E-state index in [0.29, 0.717) is 16.9 Å². The van der Waals surface area contributed by atoms with Crippen LogP contribution in [0.2, 0.25) is 0 Å². The molecular weight excluding hydrogens is 336 g/mol. The number of thiophene rings is 1. The molecule has 0 radical (unpaired) electrons. The SMILES string of the molecule is C#CCNc1ccnc2sc3c(=O)n(-c4ccc(O)cc4)ncc3c12. The van der Waals surface area contributed by atoms with E-state index in [-0.39, 0.29) is 11.3 Å². The Morgan fingerprint density at radius 2 is 2.08 bits per heavy atom. The number of phenols is 1. The lowest BCUT2D eigenvalue weighted by Gasteiger charge is -2.06. The van der Waals surface area contributed by atoms with Gasteiger partial charge in [-0.1, -0.05) is 5.92 Å². The van der Waals surface area contributed by atoms with Gasteiger partial charge in [-0.15, -0.1) is 17.8 Å². The summed E-state index contributed by atoms with van der Waals surface area (Å²) in [6, 6.07) is 8.14. The lowest BCUT2D eigenvalue weighted by Crippen LogP contribution is -2.19. The number of hydrogen-bond donors (Lipinski definition) is 2. The third-order valence-electron chi connectivity index (χ3n) is 3.79. The fourth-order valence-corrected chi connectivity index (χ4v) is 3.73. The summed E-state index contributed by atoms with van der Waals surface area (Å²) in [5.41, 5.74) is 1.19. The van der Waals surface area contributed by atoms with Crippen LogP contribution in [0, 0.1) is 12.3 Å². The first kappa shape index (κ1) is 15.2. The van der Waals surface area contributed by atoms with Crippen LogP contribution in [-0.4, -0.2) is 26.4 Å². The first-order valence-electron chi connectivity index (χ1n) is 7.45. The third-order valence-corrected chi connectivity index (χ3v) is 4.89. The number of pyridine rings is 1. The highest BCUT2D eigenvalue weighted by Gasteiger charge is 2.15. The van der Waals surface area contributed by atoms with Crippen molar-refractivity contribution in [3.8, 4) is 23.8 Å². The minimum Gasteiger partial charge on any atom is -0.508 e. The Morgan fingerprint density at radius 3 is 2.84 bits per heavy atom. The minimum atomic E-state index is -0.228. The molecule has 0 saturated carbocycles. The summed E-state index contributed by atoms with van der Waals surface area (Å²) in [7, 11) is 0. The van der Waals surface area contributed by atoms with Gasteiger partial charge in [0.15, 0.2) is 0 Å². The maximum atomic E-state index is 12.9. The number of nitrogens with zero attached hydrogens (tertiary/aromatic N) is 3. The minimum absolute atomic E-state index is 0.133. The van der Waals surface area contributed by atoms with Crippen LogP contribution in [0.15, 0.2) is 47.5 Å². The molecule has 0 aliphatic heterocycles. The average molecular weight is 348 g/mol. The molecule has 0 atom stereocenters. The Morgan fingerprint density at radius 1 is 1.28 bits per heavy atom. The molecule has 3 aromatic heterocycles. The highest BCUT2D eigenvalue weighted by molar-refractivity contribution is 7.25. The Labute approximate surface area is 146 Å². The third kappa shape index (κ3) is 2.49. The second-order valence-corrected chi connectivity index (χ2v) is 6.32. The Kier molecular flexibility index (Phi) is 3.60. The quantitative estimate of drug-likeness (QED) is 0.557. The molecule has 7 heteroatoms. The topological polar surface area (TPSA) is 80.0 Å². The van der Waals surface area contributed by atoms with E-state index < -0.39 is 0 Å². The van der Waals surface area contributed by atoms with Crippen molar-refractivity contribution in [1.82, 2.24) is 14.8 Å². The molecule has 1 aromatic carbocycles. The van der Waals surface area contributed by atoms with E-state index in [2.05, 4.69) is 21.3 Å². The van der Waals surface area contributed by atoms with Crippen molar-refractivity contribution in [3.63, 3.8) is 0 Å². The second kappa shape index (κ2) is 5.92. The monoisotopic (exact) mass is 348 g/mol. The van der Waals surface area contributed by atoms with Gasteiger partial charge in [0.1, 0.15) is 15.3 Å². The molecule has 25 heavy (non-hydrogen) atoms. The van der Waals surface area contributed by atoms with E-state index in [1.807, 2.05) is 6.07 Å². The van der Waals surface area contributed by atoms with Crippen LogP contribution in [0.5, 0.6) is 5.75 Å². The van der Waals surface area contributed by atoms with Gasteiger partial charge in [-0.05, 0) is 30.3 Å². The van der Waals surface area contributed by atoms with Crippen molar-refractivity contribution < 1.29 is 5.11 Å². The van der Waals surface area contributed by atoms with Crippen molar-refractivity contribution in [2.45, 2.75) is 0 Å². The van der Waals surface area contributed by atoms with Crippen molar-refractivity contribution in [2.75, 3.05) is 11.9 Å². The van der Waals surface area contributed by atoms with Crippen LogP contribution < -0.4 is 10.9 Å². The van der Waals surface area contributed by atoms with E-state index in [9.17, 15) is 9.90 Å². The van der Waals surface area contributed by atoms with Gasteiger partial charge in [0, 0.05) is 22.7 Å². The number of fused-ring (bicyclic) bond motifs is 3. The number of hydrogen-bond acceptors (Lipinski definition) is 6. The largest absolute Gasteiger partial charge is 0.508 e. The molecule has 0 unspecified atom stereocenters. The number of nitrogens with one attached hydrogen (secondary N) is 1. The summed E-state index contributed by atoms with van der Waals surface area (Å²) < 4.78 is 1.88. The van der Waals surface area contributed by atoms with Crippen LogP contribution in [0.3, 0.4) is 0 Å². The molecule has 4 aromatic rings. The van der Waals surface area contributed by atoms with E-state index >= 15 is 0 Å². The summed E-state index contributed by atoms with van der Waals surface area (Å²) in [5.74, 6) is 2.67. The maximum Gasteiger partial charge on any atom is 0.289 e. The van der Waals surface area contributed by atoms with Gasteiger partial charge in [-0.3, -0.25) is 4.79 Å². The summed E-state index contributed by atoms with van der Waals surface area (Å²) >= 11 is 1.32. The zero-order chi connectivity index (χ0) is 17.4. The van der Waals surface area contributed by atoms with Crippen LogP contribution in [-0.2, 0) is 0 Å². The summed E-state index contributed by atoms with van der Waals surface area (Å²) in [5, 5.41) is 18.4. The Balaban J connectivity index is 1.96. The van der Waals surface area contributed by atoms with Crippen molar-refractivity contribution >= 4 is 37.3 Å². The van der Waals surface area contributed by atoms with Crippen molar-refractivity contribution in [2.24, 2.45) is 0 Å². The fourth-order valence-electron chi connectivity index (χ4n) is 2.66. The standard InChI is InChI=1S/C18H12N4O2S/c1-2-8-19-14-7-9-20-17-15(14)13-10-21-22(18(24)16(13)25-17)11-3-5-12(23)6-4-11/h1,3-7,9-10,23H,8H2,(H,19,20). The number of anilines is 1. The summed E-state index contributed by atoms with van der Waals surface area (Å²) in [4.78, 5) is 18.0. The maximum absolute atomic E-state index is 12.9. The van der Waals surface area contributed by atoms with Gasteiger partial charge in [0.2, 0.25) is 0 Å². The van der Waals surface area contributed by atoms with Crippen LogP contribution in [0.4, 0.5) is 5.69 Å². The lowest BCUT2D eigenvalue weighted by atomic mass is 10.2. The number of terminal acetylenes is 1. The number of benzene rings is 1. The molecule has 4 rings (SSSR count). The zero-order valence-electron chi connectivity index (χ0n) is 12.9. The number of rotatable bonds is 3. The molecular formula is C18H12N4O2S. The van der Waals surface area contributed by atoms with Crippen molar-refractivity contribution in [1.29, 1.82) is 0 Å². The molecule has 0 spiro atoms. The van der Waals surface area contributed by atoms with Crippen molar-refractivity contribution in [3.05, 3.63) is 53.1 Å². The van der Waals surface area contributed by atoms with Gasteiger partial charge < -0.3 is 10.4 Å². The number of phenolic OH excluding ortho intramolecular Hbond substituents is 1. The van der Waals surface area contributed by atoms with Crippen LogP contribution in [0.25, 0.3) is 26.0 Å². The smallest absolute Gasteiger partial charge is 0.289 e. The van der Waals surface area contributed by atoms with Gasteiger partial charge in [-0.2, -0.15) is 9.78 Å². The molecule has 6 nitrogen and oxygen atoms in total. The van der Waals surface area contributed by atoms with E-state index in [1.54, 1.807) is 24.5 Å². The van der Waals surface area contributed by atoms with Gasteiger partial charge >= 0.3 is 0 Å². The lowest BCUT2D eigenvalue weighted by molar-refractivity contribution is 0.475. The molecule has 0 fully saturated rings. The Hall–Kier alpha value is -3.37. The van der Waals surface area contributed by atoms with Crippen LogP contribution in [0.1, 0.15) is 0 Å². The van der Waals surface area contributed by atoms with Crippen LogP contribution >= 0.6 is 11.3 Å². The highest BCUT2D eigenvalue weighted by Crippen LogP contribution is 2.34. The van der Waals surface area contributed by atoms with Gasteiger partial charge in [0.25, 0.3) is 5.56 Å². The van der Waals surface area contributed by atoms with Gasteiger partial charge in [-0.25, -0.2) is 4.98 Å². The average Bonchev–Trinajstić information content (AvgIpc) is 3.01. The van der Waals surface area contributed by atoms with E-state index in [1.165, 1.54) is 28.2 Å². The molecule has 0 amide bonds. The first-order chi connectivity index (χ1) is 12.2. The number of aromatic hydroxyl groups is 1. The normalized spacial score (nSPS) is 10.8. The molecule has 0 aliphatic carbocycles. The van der Waals surface area contributed by atoms with Gasteiger partial charge in [0.05, 0.1) is 18.4 Å². The summed E-state index contributed by atoms with van der Waals surface area (Å²) in [6.45, 7) is 0.383. The first-order valence-corrected chi connectivity index (χ1v) is 8.27. The molecule has 0 bridgehead atoms. The van der Waals surface area contributed by atoms with E-state index in [4.69, 9.17) is 6.42 Å². The summed E-state index contributed by atoms with van der Waals surface area (Å²) in [6.07, 6.45) is 8.66. The molecule has 0 saturated heterocycles. The van der Waals surface area contributed by atoms with E-state index in [0.717, 1.165) is 21.3 Å².